The highest BCUT2D eigenvalue weighted by atomic mass is 32.2. The van der Waals surface area contributed by atoms with Crippen LogP contribution < -0.4 is 4.72 Å². The van der Waals surface area contributed by atoms with E-state index >= 15 is 0 Å². The maximum Gasteiger partial charge on any atom is 0.123 e. The van der Waals surface area contributed by atoms with Crippen LogP contribution in [0, 0.1) is 5.82 Å². The van der Waals surface area contributed by atoms with E-state index in [1.165, 1.54) is 31.4 Å². The highest BCUT2D eigenvalue weighted by molar-refractivity contribution is 7.97. The molecule has 0 aliphatic rings. The number of halogens is 1. The van der Waals surface area contributed by atoms with Gasteiger partial charge >= 0.3 is 0 Å². The summed E-state index contributed by atoms with van der Waals surface area (Å²) in [6.45, 7) is 4.30. The first-order valence-corrected chi connectivity index (χ1v) is 6.85. The first kappa shape index (κ1) is 13.5. The molecule has 1 nitrogen and oxygen atoms in total. The molecule has 1 unspecified atom stereocenters. The molecule has 0 amide bonds. The lowest BCUT2D eigenvalue weighted by Crippen LogP contribution is -2.11. The van der Waals surface area contributed by atoms with Crippen molar-refractivity contribution in [1.82, 2.24) is 4.72 Å². The molecule has 0 fully saturated rings. The smallest absolute Gasteiger partial charge is 0.123 e. The van der Waals surface area contributed by atoms with Crippen molar-refractivity contribution < 1.29 is 4.39 Å². The molecule has 0 aromatic heterocycles. The van der Waals surface area contributed by atoms with Crippen molar-refractivity contribution in [2.45, 2.75) is 39.2 Å². The highest BCUT2D eigenvalue weighted by Crippen LogP contribution is 2.16. The molecule has 3 heteroatoms. The minimum absolute atomic E-state index is 0.174. The molecule has 1 rings (SSSR count). The van der Waals surface area contributed by atoms with Gasteiger partial charge in [-0.2, -0.15) is 0 Å². The first-order chi connectivity index (χ1) is 7.74. The molecule has 1 aromatic carbocycles. The van der Waals surface area contributed by atoms with Gasteiger partial charge in [0.2, 0.25) is 0 Å². The third-order valence-electron chi connectivity index (χ3n) is 2.48. The Labute approximate surface area is 102 Å². The van der Waals surface area contributed by atoms with Gasteiger partial charge in [0.15, 0.2) is 0 Å². The van der Waals surface area contributed by atoms with Crippen LogP contribution in [0.1, 0.15) is 44.7 Å². The summed E-state index contributed by atoms with van der Waals surface area (Å²) in [5, 5.41) is 0. The largest absolute Gasteiger partial charge is 0.257 e. The van der Waals surface area contributed by atoms with Gasteiger partial charge in [-0.05, 0) is 31.0 Å². The van der Waals surface area contributed by atoms with Gasteiger partial charge in [0.25, 0.3) is 0 Å². The zero-order valence-corrected chi connectivity index (χ0v) is 10.8. The number of unbranched alkanes of at least 4 members (excludes halogenated alkanes) is 2. The van der Waals surface area contributed by atoms with E-state index in [0.717, 1.165) is 11.3 Å². The minimum Gasteiger partial charge on any atom is -0.257 e. The number of rotatable bonds is 7. The SMILES string of the molecule is CCCCCSNC(C)c1ccc(F)cc1. The van der Waals surface area contributed by atoms with Gasteiger partial charge in [0.05, 0.1) is 0 Å². The molecule has 1 atom stereocenters. The van der Waals surface area contributed by atoms with Crippen molar-refractivity contribution >= 4 is 11.9 Å². The van der Waals surface area contributed by atoms with Crippen LogP contribution in [0.25, 0.3) is 0 Å². The van der Waals surface area contributed by atoms with Crippen molar-refractivity contribution in [3.8, 4) is 0 Å². The van der Waals surface area contributed by atoms with Crippen LogP contribution in [-0.2, 0) is 0 Å². The predicted molar refractivity (Wildman–Crippen MR) is 69.9 cm³/mol. The summed E-state index contributed by atoms with van der Waals surface area (Å²) in [4.78, 5) is 0. The van der Waals surface area contributed by atoms with Crippen LogP contribution in [0.2, 0.25) is 0 Å². The topological polar surface area (TPSA) is 12.0 Å². The Balaban J connectivity index is 2.24. The van der Waals surface area contributed by atoms with E-state index in [1.54, 1.807) is 11.9 Å². The Hall–Kier alpha value is -0.540. The lowest BCUT2D eigenvalue weighted by molar-refractivity contribution is 0.625. The van der Waals surface area contributed by atoms with Crippen LogP contribution in [-0.4, -0.2) is 5.75 Å². The number of hydrogen-bond donors (Lipinski definition) is 1. The van der Waals surface area contributed by atoms with Crippen LogP contribution in [0.3, 0.4) is 0 Å². The van der Waals surface area contributed by atoms with Crippen molar-refractivity contribution in [3.63, 3.8) is 0 Å². The van der Waals surface area contributed by atoms with E-state index in [-0.39, 0.29) is 11.9 Å². The zero-order valence-electron chi connectivity index (χ0n) is 10.0. The summed E-state index contributed by atoms with van der Waals surface area (Å²) in [5.74, 6) is 0.964. The monoisotopic (exact) mass is 241 g/mol. The molecule has 0 aliphatic carbocycles. The van der Waals surface area contributed by atoms with E-state index in [9.17, 15) is 4.39 Å². The third kappa shape index (κ3) is 4.99. The Kier molecular flexibility index (Phi) is 6.50. The van der Waals surface area contributed by atoms with E-state index in [2.05, 4.69) is 18.6 Å². The maximum absolute atomic E-state index is 12.7. The maximum atomic E-state index is 12.7. The van der Waals surface area contributed by atoms with Gasteiger partial charge in [-0.15, -0.1) is 0 Å². The second-order valence-corrected chi connectivity index (χ2v) is 4.88. The van der Waals surface area contributed by atoms with Crippen molar-refractivity contribution in [2.24, 2.45) is 0 Å². The molecule has 0 aliphatic heterocycles. The summed E-state index contributed by atoms with van der Waals surface area (Å²) >= 11 is 1.76. The van der Waals surface area contributed by atoms with E-state index in [0.29, 0.717) is 0 Å². The standard InChI is InChI=1S/C13H20FNS/c1-3-4-5-10-16-15-11(2)12-6-8-13(14)9-7-12/h6-9,11,15H,3-5,10H2,1-2H3. The number of benzene rings is 1. The van der Waals surface area contributed by atoms with Gasteiger partial charge in [-0.25, -0.2) is 4.39 Å². The van der Waals surface area contributed by atoms with Gasteiger partial charge in [-0.1, -0.05) is 43.8 Å². The minimum atomic E-state index is -0.174. The Morgan fingerprint density at radius 1 is 1.25 bits per heavy atom. The average molecular weight is 241 g/mol. The molecule has 1 N–H and O–H groups in total. The molecule has 0 saturated heterocycles. The molecular weight excluding hydrogens is 221 g/mol. The van der Waals surface area contributed by atoms with Gasteiger partial charge < -0.3 is 0 Å². The van der Waals surface area contributed by atoms with E-state index in [1.807, 2.05) is 12.1 Å². The van der Waals surface area contributed by atoms with Gasteiger partial charge in [-0.3, -0.25) is 4.72 Å². The normalized spacial score (nSPS) is 12.7. The third-order valence-corrected chi connectivity index (χ3v) is 3.49. The molecule has 0 saturated carbocycles. The number of hydrogen-bond acceptors (Lipinski definition) is 2. The zero-order chi connectivity index (χ0) is 11.8. The van der Waals surface area contributed by atoms with Gasteiger partial charge in [0.1, 0.15) is 5.82 Å². The molecule has 0 heterocycles. The molecule has 0 spiro atoms. The Morgan fingerprint density at radius 2 is 1.94 bits per heavy atom. The molecule has 90 valence electrons. The quantitative estimate of drug-likeness (QED) is 0.564. The predicted octanol–water partition coefficient (Wildman–Crippen LogP) is 4.31. The fraction of sp³-hybridized carbons (Fsp3) is 0.538. The van der Waals surface area contributed by atoms with Crippen molar-refractivity contribution in [2.75, 3.05) is 5.75 Å². The first-order valence-electron chi connectivity index (χ1n) is 5.86. The summed E-state index contributed by atoms with van der Waals surface area (Å²) < 4.78 is 16.1. The second-order valence-electron chi connectivity index (χ2n) is 3.95. The molecule has 16 heavy (non-hydrogen) atoms. The Bertz CT molecular complexity index is 286. The molecule has 0 bridgehead atoms. The van der Waals surface area contributed by atoms with E-state index in [4.69, 9.17) is 0 Å². The molecular formula is C13H20FNS. The second kappa shape index (κ2) is 7.69. The molecule has 0 radical (unpaired) electrons. The van der Waals surface area contributed by atoms with Crippen molar-refractivity contribution in [3.05, 3.63) is 35.6 Å². The fourth-order valence-electron chi connectivity index (χ4n) is 1.43. The van der Waals surface area contributed by atoms with Crippen molar-refractivity contribution in [1.29, 1.82) is 0 Å². The summed E-state index contributed by atoms with van der Waals surface area (Å²) in [7, 11) is 0. The van der Waals surface area contributed by atoms with E-state index < -0.39 is 0 Å². The molecule has 1 aromatic rings. The number of nitrogens with one attached hydrogen (secondary N) is 1. The van der Waals surface area contributed by atoms with Crippen LogP contribution in [0.5, 0.6) is 0 Å². The fourth-order valence-corrected chi connectivity index (χ4v) is 2.28. The summed E-state index contributed by atoms with van der Waals surface area (Å²) in [6, 6.07) is 6.95. The summed E-state index contributed by atoms with van der Waals surface area (Å²) in [5.41, 5.74) is 1.13. The summed E-state index contributed by atoms with van der Waals surface area (Å²) in [6.07, 6.45) is 3.80. The van der Waals surface area contributed by atoms with Crippen LogP contribution in [0.15, 0.2) is 24.3 Å². The van der Waals surface area contributed by atoms with Gasteiger partial charge in [0, 0.05) is 11.8 Å². The van der Waals surface area contributed by atoms with Crippen LogP contribution in [0.4, 0.5) is 4.39 Å². The lowest BCUT2D eigenvalue weighted by atomic mass is 10.1. The average Bonchev–Trinajstić information content (AvgIpc) is 2.29. The van der Waals surface area contributed by atoms with Crippen LogP contribution >= 0.6 is 11.9 Å². The Morgan fingerprint density at radius 3 is 2.56 bits per heavy atom. The highest BCUT2D eigenvalue weighted by Gasteiger charge is 2.04. The lowest BCUT2D eigenvalue weighted by Gasteiger charge is -2.13.